The molecule has 0 spiro atoms. The number of alkyl halides is 3. The van der Waals surface area contributed by atoms with Crippen molar-refractivity contribution < 1.29 is 22.8 Å². The van der Waals surface area contributed by atoms with Gasteiger partial charge in [0.05, 0.1) is 5.56 Å². The van der Waals surface area contributed by atoms with Crippen LogP contribution in [0.3, 0.4) is 0 Å². The summed E-state index contributed by atoms with van der Waals surface area (Å²) < 4.78 is 38.7. The number of benzene rings is 2. The van der Waals surface area contributed by atoms with Crippen LogP contribution in [0.2, 0.25) is 0 Å². The van der Waals surface area contributed by atoms with Crippen molar-refractivity contribution in [1.82, 2.24) is 10.6 Å². The van der Waals surface area contributed by atoms with Gasteiger partial charge in [-0.1, -0.05) is 36.4 Å². The Morgan fingerprint density at radius 2 is 1.73 bits per heavy atom. The van der Waals surface area contributed by atoms with Gasteiger partial charge in [0, 0.05) is 12.2 Å². The Balaban J connectivity index is 2.28. The topological polar surface area (TPSA) is 70.2 Å². The molecule has 138 valence electrons. The molecule has 0 saturated carbocycles. The normalized spacial score (nSPS) is 12.2. The summed E-state index contributed by atoms with van der Waals surface area (Å²) in [6.45, 7) is 2.02. The Morgan fingerprint density at radius 3 is 2.35 bits per heavy atom. The molecular weight excluding hydrogens is 347 g/mol. The first-order valence-corrected chi connectivity index (χ1v) is 7.88. The molecular formula is C18H18F3N3O2. The van der Waals surface area contributed by atoms with E-state index >= 15 is 0 Å². The van der Waals surface area contributed by atoms with Gasteiger partial charge in [0.25, 0.3) is 5.91 Å². The fourth-order valence-electron chi connectivity index (χ4n) is 2.29. The molecule has 8 heteroatoms. The number of anilines is 1. The molecule has 0 radical (unpaired) electrons. The molecule has 0 saturated heterocycles. The second kappa shape index (κ2) is 8.37. The van der Waals surface area contributed by atoms with Crippen molar-refractivity contribution in [3.8, 4) is 0 Å². The van der Waals surface area contributed by atoms with Crippen LogP contribution in [-0.4, -0.2) is 18.5 Å². The van der Waals surface area contributed by atoms with E-state index in [1.165, 1.54) is 12.1 Å². The summed E-state index contributed by atoms with van der Waals surface area (Å²) in [5.74, 6) is -0.681. The Kier molecular flexibility index (Phi) is 6.21. The monoisotopic (exact) mass is 365 g/mol. The van der Waals surface area contributed by atoms with E-state index in [0.717, 1.165) is 12.1 Å². The maximum Gasteiger partial charge on any atom is 0.416 e. The van der Waals surface area contributed by atoms with Crippen LogP contribution in [0.1, 0.15) is 24.1 Å². The molecule has 3 amide bonds. The number of halogens is 3. The number of hydrogen-bond acceptors (Lipinski definition) is 3. The summed E-state index contributed by atoms with van der Waals surface area (Å²) in [6, 6.07) is 11.2. The summed E-state index contributed by atoms with van der Waals surface area (Å²) in [5.41, 5.74) is -0.218. The van der Waals surface area contributed by atoms with Crippen LogP contribution in [0.4, 0.5) is 23.7 Å². The van der Waals surface area contributed by atoms with E-state index in [9.17, 15) is 22.8 Å². The molecule has 1 atom stereocenters. The summed E-state index contributed by atoms with van der Waals surface area (Å²) >= 11 is 0. The Labute approximate surface area is 148 Å². The second-order valence-electron chi connectivity index (χ2n) is 5.42. The lowest BCUT2D eigenvalue weighted by Gasteiger charge is -2.20. The molecule has 5 nitrogen and oxygen atoms in total. The average molecular weight is 365 g/mol. The molecule has 2 aromatic rings. The van der Waals surface area contributed by atoms with E-state index < -0.39 is 29.7 Å². The third-order valence-electron chi connectivity index (χ3n) is 3.47. The van der Waals surface area contributed by atoms with Crippen LogP contribution >= 0.6 is 0 Å². The zero-order valence-electron chi connectivity index (χ0n) is 13.9. The lowest BCUT2D eigenvalue weighted by Crippen LogP contribution is -2.43. The predicted octanol–water partition coefficient (Wildman–Crippen LogP) is 3.70. The number of amides is 3. The molecule has 0 aliphatic carbocycles. The molecule has 0 aliphatic rings. The fourth-order valence-corrected chi connectivity index (χ4v) is 2.29. The van der Waals surface area contributed by atoms with Gasteiger partial charge in [0.1, 0.15) is 6.04 Å². The van der Waals surface area contributed by atoms with Crippen molar-refractivity contribution in [2.75, 3.05) is 11.9 Å². The van der Waals surface area contributed by atoms with Gasteiger partial charge in [-0.15, -0.1) is 0 Å². The molecule has 2 aromatic carbocycles. The number of nitrogens with one attached hydrogen (secondary N) is 3. The number of hydrogen-bond donors (Lipinski definition) is 3. The molecule has 0 bridgehead atoms. The van der Waals surface area contributed by atoms with Gasteiger partial charge in [-0.3, -0.25) is 10.1 Å². The van der Waals surface area contributed by atoms with Gasteiger partial charge in [0.15, 0.2) is 0 Å². The van der Waals surface area contributed by atoms with Crippen LogP contribution in [-0.2, 0) is 11.0 Å². The van der Waals surface area contributed by atoms with Crippen molar-refractivity contribution in [2.45, 2.75) is 19.1 Å². The zero-order chi connectivity index (χ0) is 19.2. The molecule has 2 rings (SSSR count). The number of imide groups is 1. The molecule has 0 fully saturated rings. The minimum Gasteiger partial charge on any atom is -0.370 e. The van der Waals surface area contributed by atoms with Gasteiger partial charge in [-0.2, -0.15) is 13.2 Å². The highest BCUT2D eigenvalue weighted by Gasteiger charge is 2.31. The van der Waals surface area contributed by atoms with Crippen molar-refractivity contribution >= 4 is 17.6 Å². The van der Waals surface area contributed by atoms with Crippen molar-refractivity contribution in [1.29, 1.82) is 0 Å². The number of carbonyl (C=O) groups excluding carboxylic acids is 2. The first-order chi connectivity index (χ1) is 12.3. The van der Waals surface area contributed by atoms with Crippen molar-refractivity contribution in [2.24, 2.45) is 0 Å². The van der Waals surface area contributed by atoms with E-state index in [0.29, 0.717) is 12.1 Å². The van der Waals surface area contributed by atoms with E-state index in [1.807, 2.05) is 0 Å². The van der Waals surface area contributed by atoms with E-state index in [1.54, 1.807) is 37.3 Å². The van der Waals surface area contributed by atoms with E-state index in [2.05, 4.69) is 16.0 Å². The minimum absolute atomic E-state index is 0.111. The van der Waals surface area contributed by atoms with Gasteiger partial charge in [-0.25, -0.2) is 4.79 Å². The summed E-state index contributed by atoms with van der Waals surface area (Å²) in [5, 5.41) is 7.36. The molecule has 0 unspecified atom stereocenters. The Bertz CT molecular complexity index is 764. The van der Waals surface area contributed by atoms with E-state index in [4.69, 9.17) is 0 Å². The summed E-state index contributed by atoms with van der Waals surface area (Å²) in [7, 11) is 0. The molecule has 3 N–H and O–H groups in total. The van der Waals surface area contributed by atoms with Gasteiger partial charge in [-0.05, 0) is 30.7 Å². The van der Waals surface area contributed by atoms with Crippen LogP contribution in [0, 0.1) is 0 Å². The highest BCUT2D eigenvalue weighted by molar-refractivity contribution is 5.98. The average Bonchev–Trinajstić information content (AvgIpc) is 2.60. The smallest absolute Gasteiger partial charge is 0.370 e. The predicted molar refractivity (Wildman–Crippen MR) is 91.5 cm³/mol. The van der Waals surface area contributed by atoms with Crippen LogP contribution in [0.25, 0.3) is 0 Å². The fraction of sp³-hybridized carbons (Fsp3) is 0.222. The second-order valence-corrected chi connectivity index (χ2v) is 5.42. The zero-order valence-corrected chi connectivity index (χ0v) is 13.9. The van der Waals surface area contributed by atoms with Crippen LogP contribution < -0.4 is 16.0 Å². The maximum atomic E-state index is 12.9. The Hall–Kier alpha value is -3.03. The third-order valence-corrected chi connectivity index (χ3v) is 3.47. The summed E-state index contributed by atoms with van der Waals surface area (Å²) in [6.07, 6.45) is -4.50. The number of urea groups is 1. The molecule has 26 heavy (non-hydrogen) atoms. The summed E-state index contributed by atoms with van der Waals surface area (Å²) in [4.78, 5) is 24.1. The number of rotatable bonds is 5. The largest absolute Gasteiger partial charge is 0.416 e. The molecule has 0 aliphatic heterocycles. The van der Waals surface area contributed by atoms with Crippen LogP contribution in [0.15, 0.2) is 54.6 Å². The van der Waals surface area contributed by atoms with Gasteiger partial charge >= 0.3 is 12.2 Å². The molecule has 0 heterocycles. The molecule has 0 aromatic heterocycles. The van der Waals surface area contributed by atoms with Crippen LogP contribution in [0.5, 0.6) is 0 Å². The minimum atomic E-state index is -4.50. The van der Waals surface area contributed by atoms with Crippen molar-refractivity contribution in [3.63, 3.8) is 0 Å². The first kappa shape index (κ1) is 19.3. The lowest BCUT2D eigenvalue weighted by atomic mass is 10.1. The SMILES string of the molecule is CCNC(=O)NC(=O)[C@@H](Nc1cccc(C(F)(F)F)c1)c1ccccc1. The maximum absolute atomic E-state index is 12.9. The first-order valence-electron chi connectivity index (χ1n) is 7.88. The third kappa shape index (κ3) is 5.23. The van der Waals surface area contributed by atoms with E-state index in [-0.39, 0.29) is 5.69 Å². The van der Waals surface area contributed by atoms with Crippen molar-refractivity contribution in [3.05, 3.63) is 65.7 Å². The van der Waals surface area contributed by atoms with Gasteiger partial charge in [0.2, 0.25) is 0 Å². The number of carbonyl (C=O) groups is 2. The highest BCUT2D eigenvalue weighted by atomic mass is 19.4. The van der Waals surface area contributed by atoms with Gasteiger partial charge < -0.3 is 10.6 Å². The quantitative estimate of drug-likeness (QED) is 0.757. The standard InChI is InChI=1S/C18H18F3N3O2/c1-2-22-17(26)24-16(25)15(12-7-4-3-5-8-12)23-14-10-6-9-13(11-14)18(19,20)21/h3-11,15,23H,2H2,1H3,(H2,22,24,25,26)/t15-/m0/s1. The lowest BCUT2D eigenvalue weighted by molar-refractivity contribution is -0.137. The Morgan fingerprint density at radius 1 is 1.04 bits per heavy atom. The highest BCUT2D eigenvalue weighted by Crippen LogP contribution is 2.31.